The van der Waals surface area contributed by atoms with Gasteiger partial charge in [-0.1, -0.05) is 18.7 Å². The summed E-state index contributed by atoms with van der Waals surface area (Å²) in [6.07, 6.45) is -4.53. The molecule has 3 N–H and O–H groups in total. The van der Waals surface area contributed by atoms with Crippen molar-refractivity contribution >= 4 is 0 Å². The third-order valence-electron chi connectivity index (χ3n) is 5.08. The number of phenolic OH excluding ortho intramolecular Hbond substituents is 1. The van der Waals surface area contributed by atoms with Crippen molar-refractivity contribution in [1.82, 2.24) is 10.9 Å². The summed E-state index contributed by atoms with van der Waals surface area (Å²) in [5.74, 6) is -0.128. The number of phenols is 1. The highest BCUT2D eigenvalue weighted by Gasteiger charge is 2.52. The molecule has 0 aliphatic carbocycles. The van der Waals surface area contributed by atoms with Gasteiger partial charge in [-0.25, -0.2) is 10.9 Å². The standard InChI is InChI=1S/C22H25F3N2O4/c1-12(2)11-31-14-6-7-15(16(28)10-14)20-19(21(27-26-20)22(23,24)25)13-5-8-17(29-3)18(9-13)30-4/h5-10,19-21,26-28H,1,11H2,2-4H3. The number of ether oxygens (including phenoxy) is 3. The van der Waals surface area contributed by atoms with Gasteiger partial charge < -0.3 is 19.3 Å². The molecule has 0 radical (unpaired) electrons. The fraction of sp³-hybridized carbons (Fsp3) is 0.364. The Morgan fingerprint density at radius 3 is 2.35 bits per heavy atom. The van der Waals surface area contributed by atoms with Crippen LogP contribution in [0.4, 0.5) is 13.2 Å². The average Bonchev–Trinajstić information content (AvgIpc) is 3.17. The van der Waals surface area contributed by atoms with Crippen LogP contribution in [0.1, 0.15) is 30.0 Å². The van der Waals surface area contributed by atoms with E-state index in [9.17, 15) is 18.3 Å². The molecule has 1 heterocycles. The summed E-state index contributed by atoms with van der Waals surface area (Å²) in [6, 6.07) is 6.44. The lowest BCUT2D eigenvalue weighted by molar-refractivity contribution is -0.156. The van der Waals surface area contributed by atoms with Gasteiger partial charge in [-0.2, -0.15) is 13.2 Å². The van der Waals surface area contributed by atoms with Gasteiger partial charge in [-0.15, -0.1) is 0 Å². The predicted molar refractivity (Wildman–Crippen MR) is 110 cm³/mol. The molecule has 1 aliphatic rings. The molecule has 3 unspecified atom stereocenters. The molecular weight excluding hydrogens is 413 g/mol. The molecule has 6 nitrogen and oxygen atoms in total. The van der Waals surface area contributed by atoms with Gasteiger partial charge >= 0.3 is 6.18 Å². The van der Waals surface area contributed by atoms with E-state index in [1.54, 1.807) is 31.2 Å². The summed E-state index contributed by atoms with van der Waals surface area (Å²) in [6.45, 7) is 5.81. The Morgan fingerprint density at radius 2 is 1.77 bits per heavy atom. The van der Waals surface area contributed by atoms with Crippen LogP contribution in [-0.4, -0.2) is 38.2 Å². The number of benzene rings is 2. The molecule has 0 spiro atoms. The Kier molecular flexibility index (Phi) is 6.66. The van der Waals surface area contributed by atoms with Gasteiger partial charge in [-0.3, -0.25) is 0 Å². The van der Waals surface area contributed by atoms with Crippen molar-refractivity contribution in [2.75, 3.05) is 20.8 Å². The Morgan fingerprint density at radius 1 is 1.06 bits per heavy atom. The monoisotopic (exact) mass is 438 g/mol. The number of alkyl halides is 3. The maximum absolute atomic E-state index is 13.8. The zero-order valence-electron chi connectivity index (χ0n) is 17.4. The molecule has 2 aromatic rings. The van der Waals surface area contributed by atoms with Crippen LogP contribution >= 0.6 is 0 Å². The largest absolute Gasteiger partial charge is 0.507 e. The first kappa shape index (κ1) is 22.8. The number of methoxy groups -OCH3 is 2. The van der Waals surface area contributed by atoms with E-state index < -0.39 is 24.2 Å². The second-order valence-corrected chi connectivity index (χ2v) is 7.39. The van der Waals surface area contributed by atoms with Crippen LogP contribution in [0.3, 0.4) is 0 Å². The molecule has 168 valence electrons. The third-order valence-corrected chi connectivity index (χ3v) is 5.08. The highest BCUT2D eigenvalue weighted by Crippen LogP contribution is 2.47. The molecule has 1 saturated heterocycles. The average molecular weight is 438 g/mol. The number of rotatable bonds is 7. The quantitative estimate of drug-likeness (QED) is 0.562. The first-order chi connectivity index (χ1) is 14.7. The van der Waals surface area contributed by atoms with Crippen molar-refractivity contribution in [3.05, 3.63) is 59.7 Å². The fourth-order valence-electron chi connectivity index (χ4n) is 3.64. The smallest absolute Gasteiger partial charge is 0.405 e. The van der Waals surface area contributed by atoms with Crippen molar-refractivity contribution in [1.29, 1.82) is 0 Å². The molecular formula is C22H25F3N2O4. The van der Waals surface area contributed by atoms with Gasteiger partial charge in [0.2, 0.25) is 0 Å². The molecule has 3 rings (SSSR count). The van der Waals surface area contributed by atoms with E-state index >= 15 is 0 Å². The molecule has 9 heteroatoms. The van der Waals surface area contributed by atoms with E-state index in [0.717, 1.165) is 5.57 Å². The van der Waals surface area contributed by atoms with E-state index in [2.05, 4.69) is 17.4 Å². The lowest BCUT2D eigenvalue weighted by Gasteiger charge is -2.26. The summed E-state index contributed by atoms with van der Waals surface area (Å²) < 4.78 is 57.4. The fourth-order valence-corrected chi connectivity index (χ4v) is 3.64. The van der Waals surface area contributed by atoms with E-state index in [4.69, 9.17) is 14.2 Å². The van der Waals surface area contributed by atoms with Crippen LogP contribution in [0.5, 0.6) is 23.0 Å². The Labute approximate surface area is 178 Å². The molecule has 1 aliphatic heterocycles. The number of hydrazine groups is 1. The summed E-state index contributed by atoms with van der Waals surface area (Å²) in [5.41, 5.74) is 6.52. The zero-order chi connectivity index (χ0) is 22.8. The van der Waals surface area contributed by atoms with Crippen molar-refractivity contribution in [2.45, 2.75) is 31.1 Å². The Hall–Kier alpha value is -2.91. The molecule has 2 aromatic carbocycles. The lowest BCUT2D eigenvalue weighted by atomic mass is 9.83. The summed E-state index contributed by atoms with van der Waals surface area (Å²) in [7, 11) is 2.87. The van der Waals surface area contributed by atoms with Gasteiger partial charge in [0.05, 0.1) is 20.3 Å². The van der Waals surface area contributed by atoms with Crippen LogP contribution < -0.4 is 25.1 Å². The van der Waals surface area contributed by atoms with E-state index in [1.807, 2.05) is 0 Å². The van der Waals surface area contributed by atoms with Gasteiger partial charge in [0.1, 0.15) is 24.1 Å². The number of halogens is 3. The maximum Gasteiger partial charge on any atom is 0.405 e. The highest BCUT2D eigenvalue weighted by atomic mass is 19.4. The van der Waals surface area contributed by atoms with Crippen molar-refractivity contribution in [3.63, 3.8) is 0 Å². The number of aromatic hydroxyl groups is 1. The SMILES string of the molecule is C=C(C)COc1ccc(C2NNC(C(F)(F)F)C2c2ccc(OC)c(OC)c2)c(O)c1. The van der Waals surface area contributed by atoms with Crippen molar-refractivity contribution in [2.24, 2.45) is 0 Å². The van der Waals surface area contributed by atoms with Crippen LogP contribution in [0.2, 0.25) is 0 Å². The second-order valence-electron chi connectivity index (χ2n) is 7.39. The van der Waals surface area contributed by atoms with Crippen LogP contribution in [0, 0.1) is 0 Å². The van der Waals surface area contributed by atoms with Gasteiger partial charge in [0.25, 0.3) is 0 Å². The first-order valence-corrected chi connectivity index (χ1v) is 9.55. The van der Waals surface area contributed by atoms with E-state index in [0.29, 0.717) is 28.4 Å². The minimum absolute atomic E-state index is 0.174. The van der Waals surface area contributed by atoms with E-state index in [-0.39, 0.29) is 12.4 Å². The van der Waals surface area contributed by atoms with Crippen molar-refractivity contribution < 1.29 is 32.5 Å². The molecule has 3 atom stereocenters. The second kappa shape index (κ2) is 9.07. The molecule has 0 bridgehead atoms. The predicted octanol–water partition coefficient (Wildman–Crippen LogP) is 4.23. The molecule has 0 saturated carbocycles. The number of hydrogen-bond donors (Lipinski definition) is 3. The Balaban J connectivity index is 2.00. The van der Waals surface area contributed by atoms with Crippen LogP contribution in [0.25, 0.3) is 0 Å². The van der Waals surface area contributed by atoms with Gasteiger partial charge in [0.15, 0.2) is 11.5 Å². The van der Waals surface area contributed by atoms with Crippen molar-refractivity contribution in [3.8, 4) is 23.0 Å². The van der Waals surface area contributed by atoms with Crippen LogP contribution in [-0.2, 0) is 0 Å². The Bertz CT molecular complexity index is 949. The molecule has 0 amide bonds. The van der Waals surface area contributed by atoms with E-state index in [1.165, 1.54) is 26.4 Å². The van der Waals surface area contributed by atoms with Crippen LogP contribution in [0.15, 0.2) is 48.6 Å². The first-order valence-electron chi connectivity index (χ1n) is 9.55. The maximum atomic E-state index is 13.8. The third kappa shape index (κ3) is 4.88. The molecule has 31 heavy (non-hydrogen) atoms. The summed E-state index contributed by atoms with van der Waals surface area (Å²) in [4.78, 5) is 0. The topological polar surface area (TPSA) is 72.0 Å². The van der Waals surface area contributed by atoms with Gasteiger partial charge in [-0.05, 0) is 36.3 Å². The van der Waals surface area contributed by atoms with Gasteiger partial charge in [0, 0.05) is 17.5 Å². The normalized spacial score (nSPS) is 21.0. The summed E-state index contributed by atoms with van der Waals surface area (Å²) >= 11 is 0. The minimum Gasteiger partial charge on any atom is -0.507 e. The molecule has 0 aromatic heterocycles. The minimum atomic E-state index is -4.53. The molecule has 1 fully saturated rings. The zero-order valence-corrected chi connectivity index (χ0v) is 17.4. The number of nitrogens with one attached hydrogen (secondary N) is 2. The lowest BCUT2D eigenvalue weighted by Crippen LogP contribution is -2.43. The number of hydrogen-bond acceptors (Lipinski definition) is 6. The highest BCUT2D eigenvalue weighted by molar-refractivity contribution is 5.48. The summed E-state index contributed by atoms with van der Waals surface area (Å²) in [5, 5.41) is 10.6.